The second kappa shape index (κ2) is 7.46. The molecule has 0 radical (unpaired) electrons. The predicted molar refractivity (Wildman–Crippen MR) is 107 cm³/mol. The third-order valence-electron chi connectivity index (χ3n) is 3.91. The average Bonchev–Trinajstić information content (AvgIpc) is 3.11. The first-order valence-corrected chi connectivity index (χ1v) is 9.24. The zero-order chi connectivity index (χ0) is 18.6. The standard InChI is InChI=1S/C19H16N6OS/c1-2-20-18(26)25-19-24-16-10-13(12-6-8-22-23-11-12)9-14(17(16)27-19)15-5-3-4-7-21-15/h3-11H,2H2,1H3,(H2,20,24,25,26). The molecule has 3 heterocycles. The zero-order valence-electron chi connectivity index (χ0n) is 14.5. The van der Waals surface area contributed by atoms with Gasteiger partial charge in [0.25, 0.3) is 0 Å². The molecule has 0 aliphatic heterocycles. The van der Waals surface area contributed by atoms with Crippen LogP contribution >= 0.6 is 11.3 Å². The predicted octanol–water partition coefficient (Wildman–Crippen LogP) is 3.96. The van der Waals surface area contributed by atoms with Crippen molar-refractivity contribution in [3.63, 3.8) is 0 Å². The number of hydrogen-bond donors (Lipinski definition) is 2. The molecular weight excluding hydrogens is 360 g/mol. The van der Waals surface area contributed by atoms with Crippen molar-refractivity contribution in [1.29, 1.82) is 0 Å². The van der Waals surface area contributed by atoms with E-state index < -0.39 is 0 Å². The van der Waals surface area contributed by atoms with Crippen LogP contribution in [0.1, 0.15) is 6.92 Å². The van der Waals surface area contributed by atoms with Gasteiger partial charge < -0.3 is 5.32 Å². The summed E-state index contributed by atoms with van der Waals surface area (Å²) < 4.78 is 0.964. The highest BCUT2D eigenvalue weighted by Gasteiger charge is 2.15. The molecule has 0 bridgehead atoms. The molecule has 0 unspecified atom stereocenters. The Kier molecular flexibility index (Phi) is 4.71. The van der Waals surface area contributed by atoms with E-state index in [-0.39, 0.29) is 6.03 Å². The van der Waals surface area contributed by atoms with Crippen LogP contribution in [-0.2, 0) is 0 Å². The summed E-state index contributed by atoms with van der Waals surface area (Å²) in [6.07, 6.45) is 5.13. The topological polar surface area (TPSA) is 92.7 Å². The number of benzene rings is 1. The quantitative estimate of drug-likeness (QED) is 0.562. The van der Waals surface area contributed by atoms with Gasteiger partial charge in [0.05, 0.1) is 28.3 Å². The van der Waals surface area contributed by atoms with Gasteiger partial charge in [-0.05, 0) is 42.8 Å². The van der Waals surface area contributed by atoms with Crippen molar-refractivity contribution in [3.05, 3.63) is 55.0 Å². The van der Waals surface area contributed by atoms with Crippen molar-refractivity contribution in [2.45, 2.75) is 6.92 Å². The first-order valence-electron chi connectivity index (χ1n) is 8.42. The molecule has 0 saturated heterocycles. The molecule has 0 fully saturated rings. The maximum absolute atomic E-state index is 11.8. The molecule has 134 valence electrons. The number of rotatable bonds is 4. The van der Waals surface area contributed by atoms with E-state index in [9.17, 15) is 4.79 Å². The molecule has 8 heteroatoms. The lowest BCUT2D eigenvalue weighted by Crippen LogP contribution is -2.28. The smallest absolute Gasteiger partial charge is 0.321 e. The average molecular weight is 376 g/mol. The summed E-state index contributed by atoms with van der Waals surface area (Å²) in [5.74, 6) is 0. The number of aromatic nitrogens is 4. The Hall–Kier alpha value is -3.39. The number of urea groups is 1. The van der Waals surface area contributed by atoms with Crippen LogP contribution in [0.3, 0.4) is 0 Å². The Labute approximate surface area is 159 Å². The first-order chi connectivity index (χ1) is 13.2. The van der Waals surface area contributed by atoms with Gasteiger partial charge in [-0.1, -0.05) is 17.4 Å². The van der Waals surface area contributed by atoms with E-state index in [0.717, 1.165) is 32.6 Å². The maximum atomic E-state index is 11.8. The molecule has 0 aliphatic rings. The van der Waals surface area contributed by atoms with Gasteiger partial charge in [0.2, 0.25) is 0 Å². The van der Waals surface area contributed by atoms with E-state index in [2.05, 4.69) is 36.9 Å². The number of fused-ring (bicyclic) bond motifs is 1. The summed E-state index contributed by atoms with van der Waals surface area (Å²) in [5.41, 5.74) is 4.51. The summed E-state index contributed by atoms with van der Waals surface area (Å²) in [6.45, 7) is 2.42. The van der Waals surface area contributed by atoms with Crippen LogP contribution in [0, 0.1) is 0 Å². The SMILES string of the molecule is CCNC(=O)Nc1nc2cc(-c3ccnnc3)cc(-c3ccccn3)c2s1. The highest BCUT2D eigenvalue weighted by atomic mass is 32.1. The summed E-state index contributed by atoms with van der Waals surface area (Å²) in [4.78, 5) is 20.9. The molecule has 0 saturated carbocycles. The van der Waals surface area contributed by atoms with Crippen LogP contribution in [-0.4, -0.2) is 32.7 Å². The monoisotopic (exact) mass is 376 g/mol. The summed E-state index contributed by atoms with van der Waals surface area (Å²) in [5, 5.41) is 13.8. The third-order valence-corrected chi connectivity index (χ3v) is 4.93. The summed E-state index contributed by atoms with van der Waals surface area (Å²) in [6, 6.07) is 11.5. The maximum Gasteiger partial charge on any atom is 0.321 e. The minimum Gasteiger partial charge on any atom is -0.338 e. The molecule has 2 amide bonds. The Morgan fingerprint density at radius 2 is 2.04 bits per heavy atom. The lowest BCUT2D eigenvalue weighted by molar-refractivity contribution is 0.252. The minimum atomic E-state index is -0.269. The molecule has 4 aromatic rings. The van der Waals surface area contributed by atoms with Gasteiger partial charge in [-0.15, -0.1) is 0 Å². The van der Waals surface area contributed by atoms with Crippen LogP contribution in [0.5, 0.6) is 0 Å². The van der Waals surface area contributed by atoms with Crippen LogP contribution in [0.25, 0.3) is 32.6 Å². The number of amides is 2. The van der Waals surface area contributed by atoms with Gasteiger partial charge in [-0.2, -0.15) is 10.2 Å². The Balaban J connectivity index is 1.86. The van der Waals surface area contributed by atoms with Gasteiger partial charge in [0.15, 0.2) is 5.13 Å². The van der Waals surface area contributed by atoms with Gasteiger partial charge in [-0.25, -0.2) is 9.78 Å². The second-order valence-corrected chi connectivity index (χ2v) is 6.72. The van der Waals surface area contributed by atoms with Crippen molar-refractivity contribution in [3.8, 4) is 22.4 Å². The fourth-order valence-electron chi connectivity index (χ4n) is 2.73. The molecule has 1 aromatic carbocycles. The van der Waals surface area contributed by atoms with Crippen molar-refractivity contribution in [2.75, 3.05) is 11.9 Å². The normalized spacial score (nSPS) is 10.7. The molecule has 3 aromatic heterocycles. The number of hydrogen-bond acceptors (Lipinski definition) is 6. The van der Waals surface area contributed by atoms with E-state index in [1.807, 2.05) is 37.3 Å². The van der Waals surface area contributed by atoms with Gasteiger partial charge >= 0.3 is 6.03 Å². The molecule has 0 atom stereocenters. The number of carbonyl (C=O) groups is 1. The molecular formula is C19H16N6OS. The van der Waals surface area contributed by atoms with E-state index >= 15 is 0 Å². The lowest BCUT2D eigenvalue weighted by atomic mass is 10.0. The van der Waals surface area contributed by atoms with Crippen molar-refractivity contribution in [2.24, 2.45) is 0 Å². The van der Waals surface area contributed by atoms with Crippen LogP contribution < -0.4 is 10.6 Å². The van der Waals surface area contributed by atoms with E-state index in [1.54, 1.807) is 18.6 Å². The van der Waals surface area contributed by atoms with E-state index in [1.165, 1.54) is 11.3 Å². The highest BCUT2D eigenvalue weighted by Crippen LogP contribution is 2.37. The van der Waals surface area contributed by atoms with Crippen LogP contribution in [0.2, 0.25) is 0 Å². The van der Waals surface area contributed by atoms with E-state index in [4.69, 9.17) is 0 Å². The molecule has 27 heavy (non-hydrogen) atoms. The fourth-order valence-corrected chi connectivity index (χ4v) is 3.69. The Morgan fingerprint density at radius 1 is 1.11 bits per heavy atom. The van der Waals surface area contributed by atoms with E-state index in [0.29, 0.717) is 11.7 Å². The highest BCUT2D eigenvalue weighted by molar-refractivity contribution is 7.22. The van der Waals surface area contributed by atoms with Gasteiger partial charge in [0, 0.05) is 23.9 Å². The van der Waals surface area contributed by atoms with Crippen LogP contribution in [0.15, 0.2) is 55.0 Å². The number of nitrogens with zero attached hydrogens (tertiary/aromatic N) is 4. The summed E-state index contributed by atoms with van der Waals surface area (Å²) in [7, 11) is 0. The van der Waals surface area contributed by atoms with Crippen molar-refractivity contribution in [1.82, 2.24) is 25.5 Å². The third kappa shape index (κ3) is 3.61. The molecule has 7 nitrogen and oxygen atoms in total. The fraction of sp³-hybridized carbons (Fsp3) is 0.105. The Bertz CT molecular complexity index is 1080. The molecule has 0 aliphatic carbocycles. The summed E-state index contributed by atoms with van der Waals surface area (Å²) >= 11 is 1.43. The largest absolute Gasteiger partial charge is 0.338 e. The van der Waals surface area contributed by atoms with Gasteiger partial charge in [0.1, 0.15) is 0 Å². The van der Waals surface area contributed by atoms with Crippen molar-refractivity contribution < 1.29 is 4.79 Å². The number of pyridine rings is 1. The minimum absolute atomic E-state index is 0.269. The second-order valence-electron chi connectivity index (χ2n) is 5.72. The number of nitrogens with one attached hydrogen (secondary N) is 2. The van der Waals surface area contributed by atoms with Crippen LogP contribution in [0.4, 0.5) is 9.93 Å². The molecule has 0 spiro atoms. The zero-order valence-corrected chi connectivity index (χ0v) is 15.3. The number of thiazole rings is 1. The van der Waals surface area contributed by atoms with Crippen molar-refractivity contribution >= 4 is 32.7 Å². The number of carbonyl (C=O) groups excluding carboxylic acids is 1. The molecule has 4 rings (SSSR count). The lowest BCUT2D eigenvalue weighted by Gasteiger charge is -2.06. The first kappa shape index (κ1) is 17.0. The Morgan fingerprint density at radius 3 is 2.78 bits per heavy atom. The van der Waals surface area contributed by atoms with Gasteiger partial charge in [-0.3, -0.25) is 10.3 Å². The number of anilines is 1. The molecule has 2 N–H and O–H groups in total.